The Morgan fingerprint density at radius 3 is 2.90 bits per heavy atom. The Morgan fingerprint density at radius 1 is 1.35 bits per heavy atom. The van der Waals surface area contributed by atoms with E-state index in [-0.39, 0.29) is 0 Å². The van der Waals surface area contributed by atoms with Gasteiger partial charge in [0.25, 0.3) is 0 Å². The molecule has 1 unspecified atom stereocenters. The van der Waals surface area contributed by atoms with Gasteiger partial charge >= 0.3 is 0 Å². The lowest BCUT2D eigenvalue weighted by atomic mass is 10.1. The molecular weight excluding hydrogens is 254 g/mol. The number of guanidine groups is 1. The van der Waals surface area contributed by atoms with Crippen LogP contribution in [0.15, 0.2) is 4.99 Å². The molecule has 20 heavy (non-hydrogen) atoms. The topological polar surface area (TPSA) is 46.1 Å². The Morgan fingerprint density at radius 2 is 2.20 bits per heavy atom. The second-order valence-corrected chi connectivity index (χ2v) is 5.26. The van der Waals surface area contributed by atoms with E-state index < -0.39 is 0 Å². The van der Waals surface area contributed by atoms with Crippen molar-refractivity contribution in [1.82, 2.24) is 10.2 Å². The molecule has 1 fully saturated rings. The van der Waals surface area contributed by atoms with Gasteiger partial charge in [-0.15, -0.1) is 0 Å². The van der Waals surface area contributed by atoms with Gasteiger partial charge in [-0.1, -0.05) is 13.3 Å². The molecule has 0 bridgehead atoms. The number of ether oxygens (including phenoxy) is 2. The van der Waals surface area contributed by atoms with E-state index in [4.69, 9.17) is 14.5 Å². The third-order valence-electron chi connectivity index (χ3n) is 3.48. The molecule has 1 heterocycles. The van der Waals surface area contributed by atoms with Crippen molar-refractivity contribution < 1.29 is 9.47 Å². The molecule has 0 spiro atoms. The average Bonchev–Trinajstić information content (AvgIpc) is 2.92. The number of hydrogen-bond donors (Lipinski definition) is 1. The largest absolute Gasteiger partial charge is 0.382 e. The fourth-order valence-corrected chi connectivity index (χ4v) is 2.32. The van der Waals surface area contributed by atoms with Crippen LogP contribution < -0.4 is 5.32 Å². The van der Waals surface area contributed by atoms with E-state index in [1.807, 2.05) is 0 Å². The first-order valence-corrected chi connectivity index (χ1v) is 7.91. The normalized spacial score (nSPS) is 19.6. The number of aliphatic imine (C=N–C) groups is 1. The van der Waals surface area contributed by atoms with Crippen LogP contribution in [0.2, 0.25) is 0 Å². The van der Waals surface area contributed by atoms with Gasteiger partial charge in [-0.25, -0.2) is 0 Å². The van der Waals surface area contributed by atoms with Crippen molar-refractivity contribution in [2.75, 3.05) is 53.1 Å². The Bertz CT molecular complexity index is 272. The molecule has 5 heteroatoms. The van der Waals surface area contributed by atoms with Crippen LogP contribution in [-0.4, -0.2) is 64.0 Å². The zero-order chi connectivity index (χ0) is 14.6. The van der Waals surface area contributed by atoms with Gasteiger partial charge in [-0.3, -0.25) is 4.99 Å². The molecule has 118 valence electrons. The lowest BCUT2D eigenvalue weighted by Gasteiger charge is -2.21. The maximum atomic E-state index is 5.63. The number of nitrogens with one attached hydrogen (secondary N) is 1. The summed E-state index contributed by atoms with van der Waals surface area (Å²) in [7, 11) is 1.70. The third-order valence-corrected chi connectivity index (χ3v) is 3.48. The highest BCUT2D eigenvalue weighted by Gasteiger charge is 2.24. The van der Waals surface area contributed by atoms with E-state index >= 15 is 0 Å². The molecule has 0 saturated carbocycles. The molecule has 5 nitrogen and oxygen atoms in total. The third kappa shape index (κ3) is 6.57. The number of likely N-dealkylation sites (tertiary alicyclic amines) is 1. The number of unbranched alkanes of at least 4 members (excludes halogenated alkanes) is 1. The van der Waals surface area contributed by atoms with E-state index in [2.05, 4.69) is 24.1 Å². The molecule has 0 amide bonds. The van der Waals surface area contributed by atoms with Crippen molar-refractivity contribution in [2.24, 2.45) is 10.9 Å². The summed E-state index contributed by atoms with van der Waals surface area (Å²) in [6.07, 6.45) is 3.54. The van der Waals surface area contributed by atoms with Gasteiger partial charge in [0.1, 0.15) is 0 Å². The van der Waals surface area contributed by atoms with Gasteiger partial charge in [0, 0.05) is 39.2 Å². The molecule has 0 aromatic carbocycles. The van der Waals surface area contributed by atoms with Gasteiger partial charge in [-0.05, 0) is 19.8 Å². The highest BCUT2D eigenvalue weighted by molar-refractivity contribution is 5.80. The van der Waals surface area contributed by atoms with Gasteiger partial charge in [0.05, 0.1) is 19.8 Å². The Kier molecular flexibility index (Phi) is 9.41. The van der Waals surface area contributed by atoms with Gasteiger partial charge in [-0.2, -0.15) is 0 Å². The van der Waals surface area contributed by atoms with Crippen LogP contribution in [0.25, 0.3) is 0 Å². The summed E-state index contributed by atoms with van der Waals surface area (Å²) in [5.41, 5.74) is 0. The summed E-state index contributed by atoms with van der Waals surface area (Å²) in [6.45, 7) is 10.5. The highest BCUT2D eigenvalue weighted by Crippen LogP contribution is 2.16. The van der Waals surface area contributed by atoms with E-state index in [0.717, 1.165) is 45.2 Å². The Labute approximate surface area is 123 Å². The maximum Gasteiger partial charge on any atom is 0.193 e. The van der Waals surface area contributed by atoms with Crippen molar-refractivity contribution in [3.05, 3.63) is 0 Å². The standard InChI is InChI=1S/C15H31N3O2/c1-4-6-8-17-15(16-5-2)18-9-7-14(12-18)13-20-11-10-19-3/h14H,4-13H2,1-3H3,(H,16,17). The quantitative estimate of drug-likeness (QED) is 0.398. The van der Waals surface area contributed by atoms with Gasteiger partial charge in [0.15, 0.2) is 5.96 Å². The van der Waals surface area contributed by atoms with Crippen molar-refractivity contribution in [3.63, 3.8) is 0 Å². The highest BCUT2D eigenvalue weighted by atomic mass is 16.5. The van der Waals surface area contributed by atoms with Crippen LogP contribution in [0.3, 0.4) is 0 Å². The van der Waals surface area contributed by atoms with Crippen LogP contribution >= 0.6 is 0 Å². The van der Waals surface area contributed by atoms with Crippen molar-refractivity contribution in [2.45, 2.75) is 33.1 Å². The van der Waals surface area contributed by atoms with E-state index in [9.17, 15) is 0 Å². The molecular formula is C15H31N3O2. The SMILES string of the molecule is CCCCN=C(NCC)N1CCC(COCCOC)C1. The van der Waals surface area contributed by atoms with E-state index in [1.54, 1.807) is 7.11 Å². The maximum absolute atomic E-state index is 5.63. The first-order chi connectivity index (χ1) is 9.81. The first-order valence-electron chi connectivity index (χ1n) is 7.91. The number of rotatable bonds is 9. The van der Waals surface area contributed by atoms with Crippen molar-refractivity contribution >= 4 is 5.96 Å². The predicted octanol–water partition coefficient (Wildman–Crippen LogP) is 1.74. The molecule has 0 aliphatic carbocycles. The molecule has 1 rings (SSSR count). The van der Waals surface area contributed by atoms with E-state index in [0.29, 0.717) is 19.1 Å². The van der Waals surface area contributed by atoms with Crippen LogP contribution in [0.5, 0.6) is 0 Å². The minimum atomic E-state index is 0.613. The lowest BCUT2D eigenvalue weighted by molar-refractivity contribution is 0.0536. The second-order valence-electron chi connectivity index (χ2n) is 5.26. The van der Waals surface area contributed by atoms with Gasteiger partial charge < -0.3 is 19.7 Å². The molecule has 1 aliphatic heterocycles. The molecule has 1 atom stereocenters. The van der Waals surface area contributed by atoms with Crippen molar-refractivity contribution in [1.29, 1.82) is 0 Å². The molecule has 1 N–H and O–H groups in total. The smallest absolute Gasteiger partial charge is 0.193 e. The molecule has 0 radical (unpaired) electrons. The first kappa shape index (κ1) is 17.2. The second kappa shape index (κ2) is 10.9. The molecule has 1 aliphatic rings. The molecule has 0 aromatic rings. The average molecular weight is 285 g/mol. The van der Waals surface area contributed by atoms with Crippen LogP contribution in [0.1, 0.15) is 33.1 Å². The summed E-state index contributed by atoms with van der Waals surface area (Å²) in [5.74, 6) is 1.68. The summed E-state index contributed by atoms with van der Waals surface area (Å²) < 4.78 is 10.6. The Hall–Kier alpha value is -0.810. The number of nitrogens with zero attached hydrogens (tertiary/aromatic N) is 2. The zero-order valence-corrected chi connectivity index (χ0v) is 13.4. The zero-order valence-electron chi connectivity index (χ0n) is 13.4. The fourth-order valence-electron chi connectivity index (χ4n) is 2.32. The van der Waals surface area contributed by atoms with Crippen LogP contribution in [0.4, 0.5) is 0 Å². The van der Waals surface area contributed by atoms with Crippen molar-refractivity contribution in [3.8, 4) is 0 Å². The van der Waals surface area contributed by atoms with Crippen LogP contribution in [-0.2, 0) is 9.47 Å². The number of methoxy groups -OCH3 is 1. The Balaban J connectivity index is 2.32. The molecule has 0 aromatic heterocycles. The summed E-state index contributed by atoms with van der Waals surface area (Å²) in [4.78, 5) is 7.06. The summed E-state index contributed by atoms with van der Waals surface area (Å²) >= 11 is 0. The lowest BCUT2D eigenvalue weighted by Crippen LogP contribution is -2.40. The number of hydrogen-bond acceptors (Lipinski definition) is 3. The predicted molar refractivity (Wildman–Crippen MR) is 83.3 cm³/mol. The summed E-state index contributed by atoms with van der Waals surface area (Å²) in [5, 5.41) is 3.40. The summed E-state index contributed by atoms with van der Waals surface area (Å²) in [6, 6.07) is 0. The monoisotopic (exact) mass is 285 g/mol. The van der Waals surface area contributed by atoms with Gasteiger partial charge in [0.2, 0.25) is 0 Å². The minimum Gasteiger partial charge on any atom is -0.382 e. The minimum absolute atomic E-state index is 0.613. The molecule has 1 saturated heterocycles. The van der Waals surface area contributed by atoms with Crippen LogP contribution in [0, 0.1) is 5.92 Å². The fraction of sp³-hybridized carbons (Fsp3) is 0.933. The van der Waals surface area contributed by atoms with E-state index in [1.165, 1.54) is 12.8 Å².